The fourth-order valence-corrected chi connectivity index (χ4v) is 4.71. The Kier molecular flexibility index (Phi) is 4.62. The van der Waals surface area contributed by atoms with Crippen molar-refractivity contribution in [3.63, 3.8) is 0 Å². The lowest BCUT2D eigenvalue weighted by molar-refractivity contribution is 0.168. The highest BCUT2D eigenvalue weighted by molar-refractivity contribution is 7.12. The van der Waals surface area contributed by atoms with E-state index < -0.39 is 22.9 Å². The summed E-state index contributed by atoms with van der Waals surface area (Å²) < 4.78 is 24.5. The molecular weight excluding hydrogens is 421 g/mol. The smallest absolute Gasteiger partial charge is 0.411 e. The summed E-state index contributed by atoms with van der Waals surface area (Å²) in [6.45, 7) is 1.98. The summed E-state index contributed by atoms with van der Waals surface area (Å²) in [5.74, 6) is -0.552. The summed E-state index contributed by atoms with van der Waals surface area (Å²) in [5.41, 5.74) is 1.19. The molecule has 1 aliphatic carbocycles. The lowest BCUT2D eigenvalue weighted by Gasteiger charge is -2.14. The molecule has 0 bridgehead atoms. The normalized spacial score (nSPS) is 13.6. The number of pyridine rings is 1. The number of carbonyl (C=O) groups excluding carboxylic acids is 1. The highest BCUT2D eigenvalue weighted by Gasteiger charge is 2.29. The quantitative estimate of drug-likeness (QED) is 0.486. The number of nitrogens with one attached hydrogen (secondary N) is 2. The van der Waals surface area contributed by atoms with E-state index in [2.05, 4.69) is 9.69 Å². The van der Waals surface area contributed by atoms with Crippen LogP contribution in [0.5, 0.6) is 0 Å². The molecule has 2 heterocycles. The Morgan fingerprint density at radius 1 is 1.26 bits per heavy atom. The Bertz CT molecular complexity index is 1450. The van der Waals surface area contributed by atoms with E-state index in [9.17, 15) is 14.4 Å². The Labute approximate surface area is 179 Å². The molecule has 1 amide bonds. The summed E-state index contributed by atoms with van der Waals surface area (Å²) >= 11 is 1.13. The minimum absolute atomic E-state index is 0.0888. The largest absolute Gasteiger partial charge is 0.450 e. The van der Waals surface area contributed by atoms with Crippen LogP contribution >= 0.6 is 11.5 Å². The zero-order valence-corrected chi connectivity index (χ0v) is 17.3. The second kappa shape index (κ2) is 7.35. The lowest BCUT2D eigenvalue weighted by Crippen LogP contribution is -2.15. The minimum Gasteiger partial charge on any atom is -0.450 e. The van der Waals surface area contributed by atoms with Crippen LogP contribution in [0.15, 0.2) is 46.0 Å². The summed E-state index contributed by atoms with van der Waals surface area (Å²) in [4.78, 5) is 37.3. The summed E-state index contributed by atoms with van der Waals surface area (Å²) in [6.07, 6.45) is 1.33. The van der Waals surface area contributed by atoms with Crippen molar-refractivity contribution in [3.8, 4) is 11.1 Å². The van der Waals surface area contributed by atoms with E-state index in [-0.39, 0.29) is 23.4 Å². The highest BCUT2D eigenvalue weighted by atomic mass is 32.1. The van der Waals surface area contributed by atoms with Gasteiger partial charge in [0.15, 0.2) is 0 Å². The maximum absolute atomic E-state index is 15.1. The van der Waals surface area contributed by atoms with Gasteiger partial charge in [0.25, 0.3) is 5.56 Å². The number of H-pyrrole nitrogens is 1. The van der Waals surface area contributed by atoms with Crippen LogP contribution in [0.25, 0.3) is 32.2 Å². The van der Waals surface area contributed by atoms with Gasteiger partial charge in [0.1, 0.15) is 16.0 Å². The Morgan fingerprint density at radius 2 is 2.00 bits per heavy atom. The second-order valence-corrected chi connectivity index (χ2v) is 8.21. The first-order valence-corrected chi connectivity index (χ1v) is 10.7. The average Bonchev–Trinajstić information content (AvgIpc) is 3.51. The number of benzene rings is 2. The van der Waals surface area contributed by atoms with Crippen molar-refractivity contribution in [2.24, 2.45) is 0 Å². The van der Waals surface area contributed by atoms with E-state index >= 15 is 4.39 Å². The monoisotopic (exact) mass is 439 g/mol. The van der Waals surface area contributed by atoms with Gasteiger partial charge in [0.2, 0.25) is 5.43 Å². The predicted molar refractivity (Wildman–Crippen MR) is 119 cm³/mol. The summed E-state index contributed by atoms with van der Waals surface area (Å²) in [5, 5.41) is 2.88. The molecule has 0 atom stereocenters. The van der Waals surface area contributed by atoms with Crippen LogP contribution < -0.4 is 16.3 Å². The van der Waals surface area contributed by atoms with Gasteiger partial charge in [-0.25, -0.2) is 9.18 Å². The van der Waals surface area contributed by atoms with Crippen molar-refractivity contribution in [2.45, 2.75) is 25.8 Å². The average molecular weight is 439 g/mol. The first-order chi connectivity index (χ1) is 15.0. The van der Waals surface area contributed by atoms with Gasteiger partial charge in [-0.3, -0.25) is 19.3 Å². The van der Waals surface area contributed by atoms with E-state index in [4.69, 9.17) is 4.74 Å². The predicted octanol–water partition coefficient (Wildman–Crippen LogP) is 4.61. The number of rotatable bonds is 4. The molecule has 0 spiro atoms. The molecule has 1 saturated carbocycles. The number of hydrogen-bond acceptors (Lipinski definition) is 5. The van der Waals surface area contributed by atoms with Gasteiger partial charge in [-0.15, -0.1) is 0 Å². The topological polar surface area (TPSA) is 93.2 Å². The molecule has 4 aromatic rings. The van der Waals surface area contributed by atoms with Gasteiger partial charge in [0.05, 0.1) is 12.1 Å². The molecule has 158 valence electrons. The molecule has 1 fully saturated rings. The summed E-state index contributed by atoms with van der Waals surface area (Å²) in [6, 6.07) is 9.77. The number of halogens is 1. The Balaban J connectivity index is 1.65. The first kappa shape index (κ1) is 19.5. The van der Waals surface area contributed by atoms with Crippen molar-refractivity contribution < 1.29 is 13.9 Å². The van der Waals surface area contributed by atoms with Crippen molar-refractivity contribution in [2.75, 3.05) is 11.9 Å². The fourth-order valence-electron chi connectivity index (χ4n) is 3.79. The number of anilines is 1. The van der Waals surface area contributed by atoms with Crippen LogP contribution in [-0.4, -0.2) is 21.6 Å². The maximum Gasteiger partial charge on any atom is 0.411 e. The molecule has 0 unspecified atom stereocenters. The van der Waals surface area contributed by atoms with Crippen LogP contribution in [0.2, 0.25) is 0 Å². The standard InChI is InChI=1S/C22H18FN3O4S/c1-2-30-22(29)24-12-5-3-11(4-6-12)14-10-17-15(9-16(14)23)19(27)18-20(28)25-31-21(18)26(17)13-7-8-13/h3-6,9-10,13H,2,7-8H2,1H3,(H,24,29)(H,25,28). The first-order valence-electron chi connectivity index (χ1n) is 9.91. The Morgan fingerprint density at radius 3 is 2.68 bits per heavy atom. The number of amides is 1. The third kappa shape index (κ3) is 3.31. The van der Waals surface area contributed by atoms with Gasteiger partial charge in [-0.1, -0.05) is 12.1 Å². The highest BCUT2D eigenvalue weighted by Crippen LogP contribution is 2.40. The maximum atomic E-state index is 15.1. The van der Waals surface area contributed by atoms with Crippen molar-refractivity contribution in [1.82, 2.24) is 8.94 Å². The van der Waals surface area contributed by atoms with E-state index in [1.807, 2.05) is 4.57 Å². The number of aromatic nitrogens is 2. The van der Waals surface area contributed by atoms with Gasteiger partial charge in [-0.05, 0) is 61.1 Å². The molecular formula is C22H18FN3O4S. The minimum atomic E-state index is -0.560. The summed E-state index contributed by atoms with van der Waals surface area (Å²) in [7, 11) is 0. The van der Waals surface area contributed by atoms with Crippen LogP contribution in [-0.2, 0) is 4.74 Å². The molecule has 2 aromatic carbocycles. The van der Waals surface area contributed by atoms with Gasteiger partial charge in [-0.2, -0.15) is 0 Å². The molecule has 1 aliphatic rings. The third-order valence-electron chi connectivity index (χ3n) is 5.35. The Hall–Kier alpha value is -3.46. The number of nitrogens with zero attached hydrogens (tertiary/aromatic N) is 1. The fraction of sp³-hybridized carbons (Fsp3) is 0.227. The van der Waals surface area contributed by atoms with Crippen LogP contribution in [0.4, 0.5) is 14.9 Å². The number of ether oxygens (including phenoxy) is 1. The van der Waals surface area contributed by atoms with E-state index in [0.29, 0.717) is 27.2 Å². The van der Waals surface area contributed by atoms with Gasteiger partial charge in [0, 0.05) is 22.7 Å². The van der Waals surface area contributed by atoms with Crippen LogP contribution in [0, 0.1) is 5.82 Å². The molecule has 0 saturated heterocycles. The van der Waals surface area contributed by atoms with Crippen LogP contribution in [0.3, 0.4) is 0 Å². The zero-order valence-electron chi connectivity index (χ0n) is 16.5. The number of hydrogen-bond donors (Lipinski definition) is 2. The molecule has 0 aliphatic heterocycles. The second-order valence-electron chi connectivity index (χ2n) is 7.42. The van der Waals surface area contributed by atoms with E-state index in [1.165, 1.54) is 6.07 Å². The lowest BCUT2D eigenvalue weighted by atomic mass is 10.0. The van der Waals surface area contributed by atoms with E-state index in [0.717, 1.165) is 24.4 Å². The zero-order chi connectivity index (χ0) is 21.7. The SMILES string of the molecule is CCOC(=O)Nc1ccc(-c2cc3c(cc2F)c(=O)c2c(=O)[nH]sc2n3C2CC2)cc1. The molecule has 5 rings (SSSR count). The van der Waals surface area contributed by atoms with E-state index in [1.54, 1.807) is 37.3 Å². The molecule has 2 N–H and O–H groups in total. The van der Waals surface area contributed by atoms with Gasteiger partial charge < -0.3 is 9.30 Å². The van der Waals surface area contributed by atoms with Crippen molar-refractivity contribution in [3.05, 3.63) is 62.8 Å². The van der Waals surface area contributed by atoms with Crippen molar-refractivity contribution in [1.29, 1.82) is 0 Å². The molecule has 0 radical (unpaired) electrons. The molecule has 9 heteroatoms. The third-order valence-corrected chi connectivity index (χ3v) is 6.23. The number of carbonyl (C=O) groups is 1. The molecule has 2 aromatic heterocycles. The number of aromatic amines is 1. The molecule has 31 heavy (non-hydrogen) atoms. The molecule has 7 nitrogen and oxygen atoms in total. The van der Waals surface area contributed by atoms with Crippen molar-refractivity contribution >= 4 is 44.4 Å². The number of fused-ring (bicyclic) bond motifs is 2. The van der Waals surface area contributed by atoms with Crippen LogP contribution in [0.1, 0.15) is 25.8 Å². The van der Waals surface area contributed by atoms with Gasteiger partial charge >= 0.3 is 6.09 Å².